The molecule has 2 amide bonds. The van der Waals surface area contributed by atoms with Gasteiger partial charge in [-0.05, 0) is 37.6 Å². The summed E-state index contributed by atoms with van der Waals surface area (Å²) in [4.78, 5) is 26.2. The van der Waals surface area contributed by atoms with E-state index in [0.717, 1.165) is 25.7 Å². The van der Waals surface area contributed by atoms with Crippen molar-refractivity contribution in [3.8, 4) is 0 Å². The Kier molecular flexibility index (Phi) is 7.71. The highest BCUT2D eigenvalue weighted by Crippen LogP contribution is 2.14. The van der Waals surface area contributed by atoms with Gasteiger partial charge in [-0.1, -0.05) is 18.9 Å². The molecule has 24 heavy (non-hydrogen) atoms. The molecule has 0 aromatic heterocycles. The summed E-state index contributed by atoms with van der Waals surface area (Å²) in [7, 11) is 0. The molecule has 1 fully saturated rings. The molecular formula is C18H27N3O3. The summed E-state index contributed by atoms with van der Waals surface area (Å²) in [5.41, 5.74) is 6.71. The van der Waals surface area contributed by atoms with Gasteiger partial charge in [0.2, 0.25) is 5.91 Å². The fourth-order valence-corrected chi connectivity index (χ4v) is 2.69. The van der Waals surface area contributed by atoms with Crippen LogP contribution < -0.4 is 11.1 Å². The first kappa shape index (κ1) is 18.4. The Morgan fingerprint density at radius 3 is 2.62 bits per heavy atom. The molecule has 0 spiro atoms. The largest absolute Gasteiger partial charge is 0.378 e. The average Bonchev–Trinajstić information content (AvgIpc) is 2.62. The third-order valence-electron chi connectivity index (χ3n) is 4.05. The van der Waals surface area contributed by atoms with Crippen molar-refractivity contribution in [3.05, 3.63) is 29.8 Å². The summed E-state index contributed by atoms with van der Waals surface area (Å²) in [6, 6.07) is 7.12. The fraction of sp³-hybridized carbons (Fsp3) is 0.556. The van der Waals surface area contributed by atoms with Crippen molar-refractivity contribution in [1.82, 2.24) is 4.90 Å². The molecule has 1 aliphatic rings. The summed E-state index contributed by atoms with van der Waals surface area (Å²) < 4.78 is 5.27. The molecule has 6 heteroatoms. The van der Waals surface area contributed by atoms with Crippen molar-refractivity contribution in [2.45, 2.75) is 32.1 Å². The predicted octanol–water partition coefficient (Wildman–Crippen LogP) is 2.01. The van der Waals surface area contributed by atoms with E-state index in [9.17, 15) is 9.59 Å². The van der Waals surface area contributed by atoms with Gasteiger partial charge in [0, 0.05) is 30.8 Å². The molecule has 3 N–H and O–H groups in total. The number of hydrogen-bond donors (Lipinski definition) is 2. The van der Waals surface area contributed by atoms with Crippen LogP contribution in [0.2, 0.25) is 0 Å². The molecule has 0 bridgehead atoms. The first-order valence-electron chi connectivity index (χ1n) is 8.67. The predicted molar refractivity (Wildman–Crippen MR) is 93.9 cm³/mol. The van der Waals surface area contributed by atoms with Crippen molar-refractivity contribution < 1.29 is 14.3 Å². The highest BCUT2D eigenvalue weighted by molar-refractivity contribution is 5.97. The second-order valence-corrected chi connectivity index (χ2v) is 5.99. The number of carbonyl (C=O) groups is 2. The molecule has 1 heterocycles. The number of nitrogens with one attached hydrogen (secondary N) is 1. The van der Waals surface area contributed by atoms with Crippen molar-refractivity contribution in [1.29, 1.82) is 0 Å². The van der Waals surface area contributed by atoms with Crippen LogP contribution in [0.3, 0.4) is 0 Å². The Morgan fingerprint density at radius 1 is 1.12 bits per heavy atom. The van der Waals surface area contributed by atoms with E-state index in [0.29, 0.717) is 50.5 Å². The number of nitrogens with two attached hydrogens (primary N) is 1. The quantitative estimate of drug-likeness (QED) is 0.713. The molecule has 2 rings (SSSR count). The standard InChI is InChI=1S/C18H27N3O3/c19-9-4-2-1-3-8-17(22)20-16-7-5-6-15(14-16)18(23)21-10-12-24-13-11-21/h5-7,14H,1-4,8-13,19H2,(H,20,22). The maximum absolute atomic E-state index is 12.5. The lowest BCUT2D eigenvalue weighted by Crippen LogP contribution is -2.40. The number of amides is 2. The first-order chi connectivity index (χ1) is 11.7. The minimum atomic E-state index is -0.0174. The van der Waals surface area contributed by atoms with Crippen LogP contribution in [0.4, 0.5) is 5.69 Å². The van der Waals surface area contributed by atoms with E-state index < -0.39 is 0 Å². The summed E-state index contributed by atoms with van der Waals surface area (Å²) in [5.74, 6) is -0.0325. The van der Waals surface area contributed by atoms with E-state index in [1.54, 1.807) is 23.1 Å². The molecule has 0 unspecified atom stereocenters. The molecule has 1 aliphatic heterocycles. The Balaban J connectivity index is 1.83. The number of anilines is 1. The monoisotopic (exact) mass is 333 g/mol. The van der Waals surface area contributed by atoms with Gasteiger partial charge in [-0.3, -0.25) is 9.59 Å². The van der Waals surface area contributed by atoms with E-state index in [1.165, 1.54) is 0 Å². The van der Waals surface area contributed by atoms with Gasteiger partial charge in [-0.2, -0.15) is 0 Å². The SMILES string of the molecule is NCCCCCCC(=O)Nc1cccc(C(=O)N2CCOCC2)c1. The van der Waals surface area contributed by atoms with Crippen LogP contribution in [0.1, 0.15) is 42.5 Å². The van der Waals surface area contributed by atoms with E-state index >= 15 is 0 Å². The van der Waals surface area contributed by atoms with Gasteiger partial charge in [-0.25, -0.2) is 0 Å². The van der Waals surface area contributed by atoms with E-state index in [4.69, 9.17) is 10.5 Å². The zero-order chi connectivity index (χ0) is 17.2. The highest BCUT2D eigenvalue weighted by Gasteiger charge is 2.18. The normalized spacial score (nSPS) is 14.5. The molecule has 0 aliphatic carbocycles. The number of rotatable bonds is 8. The number of ether oxygens (including phenoxy) is 1. The fourth-order valence-electron chi connectivity index (χ4n) is 2.69. The smallest absolute Gasteiger partial charge is 0.254 e. The van der Waals surface area contributed by atoms with Crippen molar-refractivity contribution in [3.63, 3.8) is 0 Å². The van der Waals surface area contributed by atoms with Gasteiger partial charge in [0.25, 0.3) is 5.91 Å². The minimum Gasteiger partial charge on any atom is -0.378 e. The van der Waals surface area contributed by atoms with Crippen LogP contribution in [0.15, 0.2) is 24.3 Å². The molecule has 0 atom stereocenters. The number of benzene rings is 1. The number of nitrogens with zero attached hydrogens (tertiary/aromatic N) is 1. The molecule has 1 saturated heterocycles. The number of carbonyl (C=O) groups excluding carboxylic acids is 2. The summed E-state index contributed by atoms with van der Waals surface area (Å²) >= 11 is 0. The third kappa shape index (κ3) is 5.94. The summed E-state index contributed by atoms with van der Waals surface area (Å²) in [6.07, 6.45) is 4.44. The maximum atomic E-state index is 12.5. The molecule has 1 aromatic rings. The van der Waals surface area contributed by atoms with E-state index in [1.807, 2.05) is 6.07 Å². The van der Waals surface area contributed by atoms with E-state index in [2.05, 4.69) is 5.32 Å². The molecule has 1 aromatic carbocycles. The maximum Gasteiger partial charge on any atom is 0.254 e. The van der Waals surface area contributed by atoms with Gasteiger partial charge in [-0.15, -0.1) is 0 Å². The first-order valence-corrected chi connectivity index (χ1v) is 8.67. The van der Waals surface area contributed by atoms with E-state index in [-0.39, 0.29) is 11.8 Å². The Bertz CT molecular complexity index is 542. The lowest BCUT2D eigenvalue weighted by molar-refractivity contribution is -0.116. The van der Waals surface area contributed by atoms with Gasteiger partial charge >= 0.3 is 0 Å². The number of morpholine rings is 1. The van der Waals surface area contributed by atoms with Crippen LogP contribution in [0, 0.1) is 0 Å². The molecule has 6 nitrogen and oxygen atoms in total. The van der Waals surface area contributed by atoms with Crippen LogP contribution >= 0.6 is 0 Å². The van der Waals surface area contributed by atoms with Crippen molar-refractivity contribution in [2.24, 2.45) is 5.73 Å². The second-order valence-electron chi connectivity index (χ2n) is 5.99. The van der Waals surface area contributed by atoms with Gasteiger partial charge < -0.3 is 20.7 Å². The summed E-state index contributed by atoms with van der Waals surface area (Å²) in [6.45, 7) is 3.07. The third-order valence-corrected chi connectivity index (χ3v) is 4.05. The Hall–Kier alpha value is -1.92. The molecule has 0 radical (unpaired) electrons. The topological polar surface area (TPSA) is 84.7 Å². The lowest BCUT2D eigenvalue weighted by atomic mass is 10.1. The number of unbranched alkanes of at least 4 members (excludes halogenated alkanes) is 3. The minimum absolute atomic E-state index is 0.0151. The van der Waals surface area contributed by atoms with Gasteiger partial charge in [0.05, 0.1) is 13.2 Å². The lowest BCUT2D eigenvalue weighted by Gasteiger charge is -2.27. The van der Waals surface area contributed by atoms with Gasteiger partial charge in [0.1, 0.15) is 0 Å². The van der Waals surface area contributed by atoms with Crippen LogP contribution in [-0.2, 0) is 9.53 Å². The van der Waals surface area contributed by atoms with Crippen LogP contribution in [-0.4, -0.2) is 49.6 Å². The highest BCUT2D eigenvalue weighted by atomic mass is 16.5. The number of hydrogen-bond acceptors (Lipinski definition) is 4. The zero-order valence-corrected chi connectivity index (χ0v) is 14.1. The Labute approximate surface area is 143 Å². The zero-order valence-electron chi connectivity index (χ0n) is 14.1. The average molecular weight is 333 g/mol. The van der Waals surface area contributed by atoms with Crippen molar-refractivity contribution >= 4 is 17.5 Å². The van der Waals surface area contributed by atoms with Crippen LogP contribution in [0.25, 0.3) is 0 Å². The second kappa shape index (κ2) is 10.1. The Morgan fingerprint density at radius 2 is 1.88 bits per heavy atom. The summed E-state index contributed by atoms with van der Waals surface area (Å²) in [5, 5.41) is 2.87. The van der Waals surface area contributed by atoms with Crippen LogP contribution in [0.5, 0.6) is 0 Å². The molecule has 132 valence electrons. The van der Waals surface area contributed by atoms with Gasteiger partial charge in [0.15, 0.2) is 0 Å². The van der Waals surface area contributed by atoms with Crippen molar-refractivity contribution in [2.75, 3.05) is 38.2 Å². The molecular weight excluding hydrogens is 306 g/mol. The molecule has 0 saturated carbocycles.